The molecule has 2 heterocycles. The highest BCUT2D eigenvalue weighted by molar-refractivity contribution is 9.10. The summed E-state index contributed by atoms with van der Waals surface area (Å²) in [5, 5.41) is 0. The molecule has 0 unspecified atom stereocenters. The molecule has 4 rings (SSSR count). The largest absolute Gasteiger partial charge is 0.494 e. The summed E-state index contributed by atoms with van der Waals surface area (Å²) in [5.41, 5.74) is 5.23. The second-order valence-corrected chi connectivity index (χ2v) is 8.83. The fraction of sp³-hybridized carbons (Fsp3) is 0.360. The normalized spacial score (nSPS) is 14.9. The molecule has 1 aliphatic rings. The van der Waals surface area contributed by atoms with Crippen molar-refractivity contribution in [2.24, 2.45) is 7.05 Å². The quantitative estimate of drug-likeness (QED) is 0.478. The lowest BCUT2D eigenvalue weighted by Gasteiger charge is -2.36. The molecule has 0 aliphatic carbocycles. The van der Waals surface area contributed by atoms with Gasteiger partial charge in [0.25, 0.3) is 0 Å². The standard InChI is InChI=1S/C25H30BrN3O/c1-4-30-24-11-10-22(26)16-21(24)17-28-12-14-29(15-13-28)25-19(2)23(18-27(25)3)20-8-6-5-7-9-20/h5-11,16,18H,4,12-15,17H2,1-3H3. The van der Waals surface area contributed by atoms with Crippen LogP contribution in [-0.2, 0) is 13.6 Å². The number of benzene rings is 2. The number of anilines is 1. The van der Waals surface area contributed by atoms with Gasteiger partial charge in [-0.3, -0.25) is 4.90 Å². The van der Waals surface area contributed by atoms with Gasteiger partial charge in [-0.15, -0.1) is 0 Å². The zero-order valence-electron chi connectivity index (χ0n) is 18.1. The van der Waals surface area contributed by atoms with Crippen LogP contribution >= 0.6 is 15.9 Å². The molecule has 1 saturated heterocycles. The number of hydrogen-bond donors (Lipinski definition) is 0. The Balaban J connectivity index is 1.46. The van der Waals surface area contributed by atoms with Crippen LogP contribution in [0, 0.1) is 6.92 Å². The third-order valence-electron chi connectivity index (χ3n) is 5.87. The maximum atomic E-state index is 5.84. The van der Waals surface area contributed by atoms with Gasteiger partial charge in [-0.25, -0.2) is 0 Å². The first-order valence-electron chi connectivity index (χ1n) is 10.7. The van der Waals surface area contributed by atoms with Gasteiger partial charge >= 0.3 is 0 Å². The van der Waals surface area contributed by atoms with Gasteiger partial charge in [0.1, 0.15) is 11.6 Å². The number of rotatable bonds is 6. The Morgan fingerprint density at radius 3 is 2.43 bits per heavy atom. The maximum Gasteiger partial charge on any atom is 0.123 e. The van der Waals surface area contributed by atoms with E-state index in [1.54, 1.807) is 0 Å². The second-order valence-electron chi connectivity index (χ2n) is 7.92. The topological polar surface area (TPSA) is 20.6 Å². The summed E-state index contributed by atoms with van der Waals surface area (Å²) in [7, 11) is 2.16. The van der Waals surface area contributed by atoms with E-state index in [9.17, 15) is 0 Å². The molecule has 1 aliphatic heterocycles. The van der Waals surface area contributed by atoms with Crippen molar-refractivity contribution in [3.8, 4) is 16.9 Å². The summed E-state index contributed by atoms with van der Waals surface area (Å²) in [6, 6.07) is 17.0. The van der Waals surface area contributed by atoms with E-state index >= 15 is 0 Å². The van der Waals surface area contributed by atoms with Gasteiger partial charge in [0.15, 0.2) is 0 Å². The van der Waals surface area contributed by atoms with Crippen molar-refractivity contribution in [2.75, 3.05) is 37.7 Å². The molecule has 0 N–H and O–H groups in total. The van der Waals surface area contributed by atoms with Crippen LogP contribution in [0.1, 0.15) is 18.1 Å². The Hall–Kier alpha value is -2.24. The molecule has 158 valence electrons. The van der Waals surface area contributed by atoms with E-state index in [1.807, 2.05) is 6.92 Å². The molecule has 5 heteroatoms. The summed E-state index contributed by atoms with van der Waals surface area (Å²) in [6.45, 7) is 10.1. The Labute approximate surface area is 188 Å². The third kappa shape index (κ3) is 4.42. The van der Waals surface area contributed by atoms with Crippen LogP contribution in [0.5, 0.6) is 5.75 Å². The van der Waals surface area contributed by atoms with E-state index in [4.69, 9.17) is 4.74 Å². The summed E-state index contributed by atoms with van der Waals surface area (Å²) in [5.74, 6) is 2.33. The van der Waals surface area contributed by atoms with Crippen molar-refractivity contribution < 1.29 is 4.74 Å². The average Bonchev–Trinajstić information content (AvgIpc) is 3.05. The van der Waals surface area contributed by atoms with Gasteiger partial charge in [0, 0.05) is 61.6 Å². The number of piperazine rings is 1. The van der Waals surface area contributed by atoms with Gasteiger partial charge in [-0.2, -0.15) is 0 Å². The number of nitrogens with zero attached hydrogens (tertiary/aromatic N) is 3. The lowest BCUT2D eigenvalue weighted by Crippen LogP contribution is -2.46. The SMILES string of the molecule is CCOc1ccc(Br)cc1CN1CCN(c2c(C)c(-c3ccccc3)cn2C)CC1. The van der Waals surface area contributed by atoms with E-state index in [1.165, 1.54) is 28.1 Å². The monoisotopic (exact) mass is 467 g/mol. The van der Waals surface area contributed by atoms with Gasteiger partial charge in [-0.05, 0) is 43.2 Å². The Bertz CT molecular complexity index is 991. The summed E-state index contributed by atoms with van der Waals surface area (Å²) in [6.07, 6.45) is 2.27. The molecule has 0 atom stereocenters. The van der Waals surface area contributed by atoms with Crippen molar-refractivity contribution in [1.82, 2.24) is 9.47 Å². The highest BCUT2D eigenvalue weighted by atomic mass is 79.9. The van der Waals surface area contributed by atoms with Crippen LogP contribution in [0.2, 0.25) is 0 Å². The molecule has 0 saturated carbocycles. The van der Waals surface area contributed by atoms with Crippen LogP contribution in [0.25, 0.3) is 11.1 Å². The predicted octanol–water partition coefficient (Wildman–Crippen LogP) is 5.48. The second kappa shape index (κ2) is 9.27. The van der Waals surface area contributed by atoms with Crippen LogP contribution in [0.3, 0.4) is 0 Å². The van der Waals surface area contributed by atoms with Crippen LogP contribution in [-0.4, -0.2) is 42.3 Å². The molecule has 4 nitrogen and oxygen atoms in total. The van der Waals surface area contributed by atoms with Gasteiger partial charge in [-0.1, -0.05) is 46.3 Å². The fourth-order valence-electron chi connectivity index (χ4n) is 4.43. The van der Waals surface area contributed by atoms with Crippen LogP contribution in [0.15, 0.2) is 59.2 Å². The molecule has 2 aromatic carbocycles. The van der Waals surface area contributed by atoms with E-state index in [0.717, 1.165) is 42.9 Å². The van der Waals surface area contributed by atoms with Crippen LogP contribution in [0.4, 0.5) is 5.82 Å². The fourth-order valence-corrected chi connectivity index (χ4v) is 4.84. The minimum atomic E-state index is 0.693. The molecular formula is C25H30BrN3O. The van der Waals surface area contributed by atoms with Crippen molar-refractivity contribution in [1.29, 1.82) is 0 Å². The average molecular weight is 468 g/mol. The first kappa shape index (κ1) is 21.0. The molecule has 0 bridgehead atoms. The van der Waals surface area contributed by atoms with Crippen molar-refractivity contribution >= 4 is 21.7 Å². The number of halogens is 1. The van der Waals surface area contributed by atoms with Crippen molar-refractivity contribution in [3.63, 3.8) is 0 Å². The number of hydrogen-bond acceptors (Lipinski definition) is 3. The Morgan fingerprint density at radius 2 is 1.73 bits per heavy atom. The first-order valence-corrected chi connectivity index (χ1v) is 11.5. The summed E-state index contributed by atoms with van der Waals surface area (Å²) >= 11 is 3.60. The third-order valence-corrected chi connectivity index (χ3v) is 6.36. The Morgan fingerprint density at radius 1 is 1.00 bits per heavy atom. The van der Waals surface area contributed by atoms with Crippen molar-refractivity contribution in [2.45, 2.75) is 20.4 Å². The smallest absolute Gasteiger partial charge is 0.123 e. The van der Waals surface area contributed by atoms with Gasteiger partial charge in [0.05, 0.1) is 6.61 Å². The van der Waals surface area contributed by atoms with Crippen LogP contribution < -0.4 is 9.64 Å². The molecule has 1 fully saturated rings. The molecule has 0 radical (unpaired) electrons. The van der Waals surface area contributed by atoms with E-state index in [-0.39, 0.29) is 0 Å². The van der Waals surface area contributed by atoms with E-state index < -0.39 is 0 Å². The van der Waals surface area contributed by atoms with E-state index in [2.05, 4.69) is 99.0 Å². The first-order chi connectivity index (χ1) is 14.6. The van der Waals surface area contributed by atoms with Gasteiger partial charge < -0.3 is 14.2 Å². The predicted molar refractivity (Wildman–Crippen MR) is 128 cm³/mol. The lowest BCUT2D eigenvalue weighted by atomic mass is 10.1. The minimum Gasteiger partial charge on any atom is -0.494 e. The van der Waals surface area contributed by atoms with E-state index in [0.29, 0.717) is 6.61 Å². The number of aromatic nitrogens is 1. The summed E-state index contributed by atoms with van der Waals surface area (Å²) < 4.78 is 9.23. The number of ether oxygens (including phenoxy) is 1. The minimum absolute atomic E-state index is 0.693. The zero-order chi connectivity index (χ0) is 21.1. The number of aryl methyl sites for hydroxylation is 1. The highest BCUT2D eigenvalue weighted by Gasteiger charge is 2.23. The van der Waals surface area contributed by atoms with Crippen molar-refractivity contribution in [3.05, 3.63) is 70.3 Å². The molecule has 1 aromatic heterocycles. The maximum absolute atomic E-state index is 5.84. The Kier molecular flexibility index (Phi) is 6.49. The van der Waals surface area contributed by atoms with Gasteiger partial charge in [0.2, 0.25) is 0 Å². The zero-order valence-corrected chi connectivity index (χ0v) is 19.7. The highest BCUT2D eigenvalue weighted by Crippen LogP contribution is 2.33. The molecule has 0 amide bonds. The molecule has 30 heavy (non-hydrogen) atoms. The molecular weight excluding hydrogens is 438 g/mol. The summed E-state index contributed by atoms with van der Waals surface area (Å²) in [4.78, 5) is 5.06. The lowest BCUT2D eigenvalue weighted by molar-refractivity contribution is 0.242. The molecule has 0 spiro atoms. The molecule has 3 aromatic rings.